The van der Waals surface area contributed by atoms with E-state index in [-0.39, 0.29) is 30.2 Å². The molecule has 0 saturated carbocycles. The van der Waals surface area contributed by atoms with Gasteiger partial charge in [-0.05, 0) is 57.5 Å². The number of hydrogen-bond acceptors (Lipinski definition) is 8. The van der Waals surface area contributed by atoms with Crippen molar-refractivity contribution in [2.45, 2.75) is 71.6 Å². The first kappa shape index (κ1) is 40.4. The second-order valence-corrected chi connectivity index (χ2v) is 8.37. The van der Waals surface area contributed by atoms with Gasteiger partial charge in [0.25, 0.3) is 5.91 Å². The maximum atomic E-state index is 12.9. The zero-order valence-electron chi connectivity index (χ0n) is 24.2. The third kappa shape index (κ3) is 25.0. The molecule has 0 spiro atoms. The molecule has 9 nitrogen and oxygen atoms in total. The molecule has 1 aromatic rings. The number of unbranched alkanes of at least 4 members (excludes halogenated alkanes) is 2. The lowest BCUT2D eigenvalue weighted by molar-refractivity contribution is -0.134. The molecule has 0 heterocycles. The molecule has 0 aliphatic rings. The molecule has 222 valence electrons. The molecule has 0 bridgehead atoms. The van der Waals surface area contributed by atoms with Crippen LogP contribution in [0.3, 0.4) is 0 Å². The van der Waals surface area contributed by atoms with Crippen LogP contribution in [-0.2, 0) is 29.7 Å². The van der Waals surface area contributed by atoms with Crippen molar-refractivity contribution in [3.05, 3.63) is 41.7 Å². The van der Waals surface area contributed by atoms with Crippen LogP contribution < -0.4 is 16.0 Å². The van der Waals surface area contributed by atoms with Crippen LogP contribution in [-0.4, -0.2) is 68.9 Å². The van der Waals surface area contributed by atoms with Crippen LogP contribution in [0.1, 0.15) is 65.4 Å². The number of rotatable bonds is 14. The highest BCUT2D eigenvalue weighted by molar-refractivity contribution is 7.79. The number of halogens is 1. The van der Waals surface area contributed by atoms with Gasteiger partial charge in [-0.3, -0.25) is 19.3 Å². The Hall–Kier alpha value is -3.05. The molecule has 3 N–H and O–H groups in total. The number of amides is 3. The van der Waals surface area contributed by atoms with Gasteiger partial charge >= 0.3 is 0 Å². The molecule has 11 heteroatoms. The minimum Gasteiger partial charge on any atom is -0.388 e. The molecule has 0 saturated heterocycles. The van der Waals surface area contributed by atoms with Crippen molar-refractivity contribution in [3.63, 3.8) is 0 Å². The third-order valence-electron chi connectivity index (χ3n) is 4.58. The molecule has 39 heavy (non-hydrogen) atoms. The molecule has 1 unspecified atom stereocenters. The van der Waals surface area contributed by atoms with E-state index in [0.29, 0.717) is 49.8 Å². The van der Waals surface area contributed by atoms with Crippen molar-refractivity contribution in [3.8, 4) is 0 Å². The van der Waals surface area contributed by atoms with Crippen LogP contribution in [0.15, 0.2) is 30.4 Å². The Bertz CT molecular complexity index is 840. The smallest absolute Gasteiger partial charge is 0.252 e. The highest BCUT2D eigenvalue weighted by Gasteiger charge is 2.08. The molecule has 0 aliphatic carbocycles. The summed E-state index contributed by atoms with van der Waals surface area (Å²) in [6.07, 6.45) is 8.57. The van der Waals surface area contributed by atoms with E-state index < -0.39 is 0 Å². The first-order valence-corrected chi connectivity index (χ1v) is 13.6. The fraction of sp³-hybridized carbons (Fsp3) is 0.536. The number of imide groups is 1. The van der Waals surface area contributed by atoms with Crippen LogP contribution in [0.4, 0.5) is 10.1 Å². The van der Waals surface area contributed by atoms with E-state index in [1.165, 1.54) is 18.6 Å². The molecule has 0 aliphatic heterocycles. The number of nitrogens with zero attached hydrogens (tertiary/aromatic N) is 1. The highest BCUT2D eigenvalue weighted by Crippen LogP contribution is 2.15. The summed E-state index contributed by atoms with van der Waals surface area (Å²) in [7, 11) is 3.51. The van der Waals surface area contributed by atoms with Crippen LogP contribution >= 0.6 is 12.6 Å². The van der Waals surface area contributed by atoms with Crippen molar-refractivity contribution in [2.24, 2.45) is 0 Å². The molecule has 0 aromatic heterocycles. The van der Waals surface area contributed by atoms with Gasteiger partial charge in [-0.2, -0.15) is 12.6 Å². The summed E-state index contributed by atoms with van der Waals surface area (Å²) in [5.74, 6) is -0.257. The quantitative estimate of drug-likeness (QED) is 0.116. The summed E-state index contributed by atoms with van der Waals surface area (Å²) in [4.78, 5) is 54.0. The zero-order valence-corrected chi connectivity index (χ0v) is 25.1. The van der Waals surface area contributed by atoms with Gasteiger partial charge in [0.2, 0.25) is 12.3 Å². The normalized spacial score (nSPS) is 10.3. The topological polar surface area (TPSA) is 125 Å². The number of benzene rings is 1. The summed E-state index contributed by atoms with van der Waals surface area (Å²) in [5.41, 5.74) is 1.42. The van der Waals surface area contributed by atoms with Crippen molar-refractivity contribution in [1.82, 2.24) is 15.5 Å². The lowest BCUT2D eigenvalue weighted by Crippen LogP contribution is -2.29. The van der Waals surface area contributed by atoms with Gasteiger partial charge in [0.1, 0.15) is 18.4 Å². The molecule has 0 radical (unpaired) electrons. The van der Waals surface area contributed by atoms with Crippen LogP contribution in [0.5, 0.6) is 0 Å². The number of carbonyl (C=O) groups excluding carboxylic acids is 5. The number of nitrogens with one attached hydrogen (secondary N) is 3. The van der Waals surface area contributed by atoms with Crippen molar-refractivity contribution in [2.75, 3.05) is 32.5 Å². The molecular weight excluding hydrogens is 523 g/mol. The summed E-state index contributed by atoms with van der Waals surface area (Å²) < 4.78 is 12.9. The second kappa shape index (κ2) is 29.5. The van der Waals surface area contributed by atoms with Crippen LogP contribution in [0.2, 0.25) is 0 Å². The SMILES string of the molecule is C/C=C\C(=O)N(C=O)CCCCCC(=O)NCC=O.CCC.CNC(C)C=O.CNc1ccc(CS)c(F)c1. The van der Waals surface area contributed by atoms with Gasteiger partial charge < -0.3 is 25.5 Å². The summed E-state index contributed by atoms with van der Waals surface area (Å²) in [5, 5.41) is 8.04. The number of likely N-dealkylation sites (N-methyl/N-ethyl adjacent to an activating group) is 1. The first-order chi connectivity index (χ1) is 18.6. The number of carbonyl (C=O) groups is 5. The fourth-order valence-corrected chi connectivity index (χ4v) is 2.60. The Morgan fingerprint density at radius 2 is 1.74 bits per heavy atom. The first-order valence-electron chi connectivity index (χ1n) is 12.9. The van der Waals surface area contributed by atoms with Crippen molar-refractivity contribution >= 4 is 49.1 Å². The number of anilines is 1. The summed E-state index contributed by atoms with van der Waals surface area (Å²) in [6, 6.07) is 5.03. The van der Waals surface area contributed by atoms with Gasteiger partial charge in [0, 0.05) is 31.5 Å². The Morgan fingerprint density at radius 1 is 1.10 bits per heavy atom. The van der Waals surface area contributed by atoms with Crippen LogP contribution in [0, 0.1) is 5.82 Å². The van der Waals surface area contributed by atoms with E-state index in [9.17, 15) is 28.4 Å². The molecule has 0 fully saturated rings. The lowest BCUT2D eigenvalue weighted by Gasteiger charge is -2.12. The van der Waals surface area contributed by atoms with Gasteiger partial charge in [-0.1, -0.05) is 38.8 Å². The molecule has 1 aromatic carbocycles. The molecule has 3 amide bonds. The predicted octanol–water partition coefficient (Wildman–Crippen LogP) is 3.93. The maximum Gasteiger partial charge on any atom is 0.252 e. The van der Waals surface area contributed by atoms with Gasteiger partial charge in [-0.25, -0.2) is 4.39 Å². The Balaban J connectivity index is -0.000000540. The Kier molecular flexibility index (Phi) is 30.6. The van der Waals surface area contributed by atoms with E-state index >= 15 is 0 Å². The third-order valence-corrected chi connectivity index (χ3v) is 4.92. The minimum atomic E-state index is -0.332. The number of allylic oxidation sites excluding steroid dienone is 1. The number of hydrogen-bond donors (Lipinski definition) is 4. The van der Waals surface area contributed by atoms with Crippen molar-refractivity contribution < 1.29 is 28.4 Å². The van der Waals surface area contributed by atoms with E-state index in [4.69, 9.17) is 0 Å². The standard InChI is InChI=1S/C13H20N2O4.C8H10FNS.C4H9NO.C3H8/c1-2-6-13(19)15(11-17)9-5-3-4-7-12(18)14-8-10-16;1-10-7-3-2-6(5-11)8(9)4-7;1-4(3-6)5-2;1-3-2/h2,6,10-11H,3-5,7-9H2,1H3,(H,14,18);2-4,10-11H,5H2,1H3;3-5H,1-2H3;3H2,1-2H3/b6-2-;;;. The van der Waals surface area contributed by atoms with Gasteiger partial charge in [-0.15, -0.1) is 0 Å². The molecule has 1 atom stereocenters. The monoisotopic (exact) mass is 570 g/mol. The Labute approximate surface area is 238 Å². The molecule has 1 rings (SSSR count). The van der Waals surface area contributed by atoms with Gasteiger partial charge in [0.15, 0.2) is 0 Å². The fourth-order valence-electron chi connectivity index (χ4n) is 2.34. The number of aldehydes is 2. The van der Waals surface area contributed by atoms with Crippen molar-refractivity contribution in [1.29, 1.82) is 0 Å². The predicted molar refractivity (Wildman–Crippen MR) is 159 cm³/mol. The van der Waals surface area contributed by atoms with E-state index in [2.05, 4.69) is 42.4 Å². The zero-order chi connectivity index (χ0) is 30.5. The largest absolute Gasteiger partial charge is 0.388 e. The second-order valence-electron chi connectivity index (χ2n) is 8.05. The minimum absolute atomic E-state index is 0.00463. The van der Waals surface area contributed by atoms with Crippen LogP contribution in [0.25, 0.3) is 0 Å². The van der Waals surface area contributed by atoms with E-state index in [1.54, 1.807) is 40.1 Å². The average Bonchev–Trinajstić information content (AvgIpc) is 2.94. The number of thiol groups is 1. The summed E-state index contributed by atoms with van der Waals surface area (Å²) in [6.45, 7) is 8.14. The van der Waals surface area contributed by atoms with Gasteiger partial charge in [0.05, 0.1) is 12.6 Å². The van der Waals surface area contributed by atoms with E-state index in [1.807, 2.05) is 6.07 Å². The maximum absolute atomic E-state index is 12.9. The lowest BCUT2D eigenvalue weighted by atomic mass is 10.2. The Morgan fingerprint density at radius 3 is 2.15 bits per heavy atom. The summed E-state index contributed by atoms with van der Waals surface area (Å²) >= 11 is 3.98. The highest BCUT2D eigenvalue weighted by atomic mass is 32.1. The average molecular weight is 571 g/mol. The van der Waals surface area contributed by atoms with E-state index in [0.717, 1.165) is 23.3 Å². The molecular formula is C28H47FN4O5S.